The lowest BCUT2D eigenvalue weighted by Crippen LogP contribution is -2.50. The van der Waals surface area contributed by atoms with Crippen molar-refractivity contribution in [1.82, 2.24) is 10.2 Å². The average Bonchev–Trinajstić information content (AvgIpc) is 2.64. The van der Waals surface area contributed by atoms with E-state index < -0.39 is 6.04 Å². The number of nitrogens with one attached hydrogen (secondary N) is 1. The lowest BCUT2D eigenvalue weighted by atomic mass is 10.1. The summed E-state index contributed by atoms with van der Waals surface area (Å²) in [5.41, 5.74) is 2.82. The Balaban J connectivity index is 2.27. The minimum Gasteiger partial charge on any atom is -0.352 e. The van der Waals surface area contributed by atoms with Crippen LogP contribution in [0.3, 0.4) is 0 Å². The first-order valence-electron chi connectivity index (χ1n) is 9.70. The number of carbonyl (C=O) groups excluding carboxylic acids is 2. The number of nitrogens with zero attached hydrogens (tertiary/aromatic N) is 1. The zero-order valence-electron chi connectivity index (χ0n) is 17.0. The van der Waals surface area contributed by atoms with E-state index in [4.69, 9.17) is 0 Å². The van der Waals surface area contributed by atoms with Crippen LogP contribution < -0.4 is 5.32 Å². The smallest absolute Gasteiger partial charge is 0.243 e. The van der Waals surface area contributed by atoms with Gasteiger partial charge in [-0.25, -0.2) is 4.39 Å². The Morgan fingerprint density at radius 2 is 1.57 bits per heavy atom. The maximum Gasteiger partial charge on any atom is 0.243 e. The van der Waals surface area contributed by atoms with Crippen molar-refractivity contribution in [1.29, 1.82) is 0 Å². The molecule has 0 aliphatic carbocycles. The summed E-state index contributed by atoms with van der Waals surface area (Å²) in [5.74, 6) is -0.648. The fourth-order valence-electron chi connectivity index (χ4n) is 3.07. The summed E-state index contributed by atoms with van der Waals surface area (Å²) in [5, 5.41) is 2.91. The quantitative estimate of drug-likeness (QED) is 0.748. The first-order chi connectivity index (χ1) is 13.3. The number of benzene rings is 2. The van der Waals surface area contributed by atoms with Gasteiger partial charge in [-0.15, -0.1) is 0 Å². The van der Waals surface area contributed by atoms with Crippen LogP contribution in [0, 0.1) is 12.7 Å². The molecule has 0 aliphatic rings. The van der Waals surface area contributed by atoms with E-state index in [1.54, 1.807) is 17.0 Å². The van der Waals surface area contributed by atoms with Crippen LogP contribution in [0.5, 0.6) is 0 Å². The molecule has 0 bridgehead atoms. The Bertz CT molecular complexity index is 785. The molecular formula is C23H29FN2O2. The average molecular weight is 384 g/mol. The van der Waals surface area contributed by atoms with Crippen LogP contribution in [0.15, 0.2) is 48.5 Å². The summed E-state index contributed by atoms with van der Waals surface area (Å²) in [6.07, 6.45) is 0.636. The largest absolute Gasteiger partial charge is 0.352 e. The van der Waals surface area contributed by atoms with Gasteiger partial charge in [-0.2, -0.15) is 0 Å². The Kier molecular flexibility index (Phi) is 7.73. The van der Waals surface area contributed by atoms with Gasteiger partial charge >= 0.3 is 0 Å². The van der Waals surface area contributed by atoms with Gasteiger partial charge in [-0.05, 0) is 50.5 Å². The van der Waals surface area contributed by atoms with Crippen LogP contribution in [-0.2, 0) is 22.6 Å². The number of amides is 2. The van der Waals surface area contributed by atoms with E-state index in [-0.39, 0.29) is 30.1 Å². The third kappa shape index (κ3) is 6.19. The number of rotatable bonds is 8. The van der Waals surface area contributed by atoms with Crippen LogP contribution in [0.2, 0.25) is 0 Å². The molecule has 2 rings (SSSR count). The summed E-state index contributed by atoms with van der Waals surface area (Å²) in [6, 6.07) is 13.3. The number of halogens is 1. The molecule has 2 aromatic rings. The van der Waals surface area contributed by atoms with E-state index in [0.717, 1.165) is 16.7 Å². The first-order valence-corrected chi connectivity index (χ1v) is 9.70. The SMILES string of the molecule is CC[C@H](C(=O)NC(C)C)N(Cc1ccc(C)cc1)C(=O)Cc1ccc(F)cc1. The molecule has 5 heteroatoms. The monoisotopic (exact) mass is 384 g/mol. The number of aryl methyl sites for hydroxylation is 1. The second kappa shape index (κ2) is 10.0. The summed E-state index contributed by atoms with van der Waals surface area (Å²) in [6.45, 7) is 8.05. The van der Waals surface area contributed by atoms with Crippen molar-refractivity contribution >= 4 is 11.8 Å². The standard InChI is InChI=1S/C23H29FN2O2/c1-5-21(23(28)25-16(2)3)26(15-19-8-6-17(4)7-9-19)22(27)14-18-10-12-20(24)13-11-18/h6-13,16,21H,5,14-15H2,1-4H3,(H,25,28)/t21-/m1/s1. The summed E-state index contributed by atoms with van der Waals surface area (Å²) >= 11 is 0. The highest BCUT2D eigenvalue weighted by molar-refractivity contribution is 5.88. The molecule has 0 spiro atoms. The van der Waals surface area contributed by atoms with E-state index in [1.807, 2.05) is 52.0 Å². The Hall–Kier alpha value is -2.69. The molecule has 0 unspecified atom stereocenters. The molecule has 0 aliphatic heterocycles. The molecular weight excluding hydrogens is 355 g/mol. The van der Waals surface area contributed by atoms with Crippen LogP contribution in [-0.4, -0.2) is 28.8 Å². The molecule has 0 fully saturated rings. The highest BCUT2D eigenvalue weighted by Crippen LogP contribution is 2.16. The molecule has 1 N–H and O–H groups in total. The van der Waals surface area contributed by atoms with Gasteiger partial charge in [-0.1, -0.05) is 48.9 Å². The zero-order chi connectivity index (χ0) is 20.7. The normalized spacial score (nSPS) is 11.9. The third-order valence-corrected chi connectivity index (χ3v) is 4.56. The fourth-order valence-corrected chi connectivity index (χ4v) is 3.07. The maximum absolute atomic E-state index is 13.2. The molecule has 0 saturated heterocycles. The van der Waals surface area contributed by atoms with Gasteiger partial charge in [0.25, 0.3) is 0 Å². The van der Waals surface area contributed by atoms with Crippen molar-refractivity contribution in [2.75, 3.05) is 0 Å². The van der Waals surface area contributed by atoms with Crippen LogP contribution in [0.25, 0.3) is 0 Å². The summed E-state index contributed by atoms with van der Waals surface area (Å²) < 4.78 is 13.2. The minimum atomic E-state index is -0.559. The molecule has 4 nitrogen and oxygen atoms in total. The lowest BCUT2D eigenvalue weighted by molar-refractivity contribution is -0.141. The highest BCUT2D eigenvalue weighted by atomic mass is 19.1. The highest BCUT2D eigenvalue weighted by Gasteiger charge is 2.28. The van der Waals surface area contributed by atoms with Crippen LogP contribution in [0.4, 0.5) is 4.39 Å². The van der Waals surface area contributed by atoms with Crippen molar-refractivity contribution < 1.29 is 14.0 Å². The second-order valence-electron chi connectivity index (χ2n) is 7.40. The fraction of sp³-hybridized carbons (Fsp3) is 0.391. The van der Waals surface area contributed by atoms with Gasteiger partial charge in [0.05, 0.1) is 6.42 Å². The van der Waals surface area contributed by atoms with Crippen LogP contribution in [0.1, 0.15) is 43.9 Å². The molecule has 2 aromatic carbocycles. The van der Waals surface area contributed by atoms with Crippen LogP contribution >= 0.6 is 0 Å². The zero-order valence-corrected chi connectivity index (χ0v) is 17.0. The molecule has 1 atom stereocenters. The van der Waals surface area contributed by atoms with Crippen molar-refractivity contribution in [2.45, 2.75) is 59.2 Å². The molecule has 0 saturated carbocycles. The second-order valence-corrected chi connectivity index (χ2v) is 7.40. The minimum absolute atomic E-state index is 0.00465. The predicted octanol–water partition coefficient (Wildman–Crippen LogP) is 4.01. The number of carbonyl (C=O) groups is 2. The van der Waals surface area contributed by atoms with E-state index in [9.17, 15) is 14.0 Å². The van der Waals surface area contributed by atoms with Crippen molar-refractivity contribution in [3.63, 3.8) is 0 Å². The molecule has 0 aromatic heterocycles. The Morgan fingerprint density at radius 1 is 1.00 bits per heavy atom. The van der Waals surface area contributed by atoms with E-state index >= 15 is 0 Å². The molecule has 150 valence electrons. The van der Waals surface area contributed by atoms with Gasteiger partial charge in [0.1, 0.15) is 11.9 Å². The maximum atomic E-state index is 13.2. The summed E-state index contributed by atoms with van der Waals surface area (Å²) in [7, 11) is 0. The first kappa shape index (κ1) is 21.6. The van der Waals surface area contributed by atoms with Crippen molar-refractivity contribution in [2.24, 2.45) is 0 Å². The van der Waals surface area contributed by atoms with E-state index in [1.165, 1.54) is 12.1 Å². The van der Waals surface area contributed by atoms with Gasteiger partial charge in [0, 0.05) is 12.6 Å². The van der Waals surface area contributed by atoms with Crippen molar-refractivity contribution in [3.8, 4) is 0 Å². The molecule has 0 heterocycles. The Morgan fingerprint density at radius 3 is 2.11 bits per heavy atom. The lowest BCUT2D eigenvalue weighted by Gasteiger charge is -2.31. The van der Waals surface area contributed by atoms with Gasteiger partial charge < -0.3 is 10.2 Å². The molecule has 2 amide bonds. The predicted molar refractivity (Wildman–Crippen MR) is 109 cm³/mol. The Labute approximate surface area is 166 Å². The van der Waals surface area contributed by atoms with Crippen molar-refractivity contribution in [3.05, 3.63) is 71.0 Å². The third-order valence-electron chi connectivity index (χ3n) is 4.56. The number of hydrogen-bond donors (Lipinski definition) is 1. The topological polar surface area (TPSA) is 49.4 Å². The molecule has 28 heavy (non-hydrogen) atoms. The number of hydrogen-bond acceptors (Lipinski definition) is 2. The summed E-state index contributed by atoms with van der Waals surface area (Å²) in [4.78, 5) is 27.5. The van der Waals surface area contributed by atoms with E-state index in [0.29, 0.717) is 13.0 Å². The van der Waals surface area contributed by atoms with Gasteiger partial charge in [0.2, 0.25) is 11.8 Å². The van der Waals surface area contributed by atoms with Gasteiger partial charge in [0.15, 0.2) is 0 Å². The molecule has 0 radical (unpaired) electrons. The van der Waals surface area contributed by atoms with E-state index in [2.05, 4.69) is 5.32 Å². The van der Waals surface area contributed by atoms with Gasteiger partial charge in [-0.3, -0.25) is 9.59 Å².